The Labute approximate surface area is 108 Å². The summed E-state index contributed by atoms with van der Waals surface area (Å²) in [6.45, 7) is 9.88. The molecule has 0 amide bonds. The van der Waals surface area contributed by atoms with Gasteiger partial charge >= 0.3 is 0 Å². The zero-order valence-electron chi connectivity index (χ0n) is 12.0. The molecule has 0 aromatic heterocycles. The molecule has 1 rings (SSSR count). The van der Waals surface area contributed by atoms with Gasteiger partial charge < -0.3 is 10.1 Å². The molecule has 1 saturated heterocycles. The van der Waals surface area contributed by atoms with E-state index in [0.29, 0.717) is 6.04 Å². The Morgan fingerprint density at radius 1 is 1.18 bits per heavy atom. The molecule has 2 atom stereocenters. The maximum absolute atomic E-state index is 5.68. The van der Waals surface area contributed by atoms with Gasteiger partial charge in [-0.2, -0.15) is 0 Å². The predicted molar refractivity (Wildman–Crippen MR) is 74.3 cm³/mol. The molecular formula is C15H31NO. The number of ether oxygens (including phenoxy) is 1. The van der Waals surface area contributed by atoms with Gasteiger partial charge in [0, 0.05) is 12.6 Å². The second-order valence-electron chi connectivity index (χ2n) is 5.40. The van der Waals surface area contributed by atoms with Crippen LogP contribution in [0.25, 0.3) is 0 Å². The molecule has 1 fully saturated rings. The van der Waals surface area contributed by atoms with E-state index in [2.05, 4.69) is 26.1 Å². The first-order valence-corrected chi connectivity index (χ1v) is 7.64. The number of nitrogens with one attached hydrogen (secondary N) is 1. The maximum Gasteiger partial charge on any atom is 0.0509 e. The highest BCUT2D eigenvalue weighted by Crippen LogP contribution is 2.28. The molecule has 0 saturated carbocycles. The highest BCUT2D eigenvalue weighted by Gasteiger charge is 2.29. The van der Waals surface area contributed by atoms with Gasteiger partial charge in [-0.3, -0.25) is 0 Å². The van der Waals surface area contributed by atoms with Crippen LogP contribution in [0.15, 0.2) is 0 Å². The van der Waals surface area contributed by atoms with Crippen LogP contribution in [0.5, 0.6) is 0 Å². The van der Waals surface area contributed by atoms with E-state index < -0.39 is 0 Å². The third-order valence-corrected chi connectivity index (χ3v) is 3.97. The minimum atomic E-state index is 0.681. The molecule has 1 N–H and O–H groups in total. The molecular weight excluding hydrogens is 210 g/mol. The van der Waals surface area contributed by atoms with Gasteiger partial charge in [-0.25, -0.2) is 0 Å². The first kappa shape index (κ1) is 15.0. The topological polar surface area (TPSA) is 21.3 Å². The fraction of sp³-hybridized carbons (Fsp3) is 1.00. The van der Waals surface area contributed by atoms with E-state index in [1.54, 1.807) is 0 Å². The summed E-state index contributed by atoms with van der Waals surface area (Å²) < 4.78 is 5.68. The second-order valence-corrected chi connectivity index (χ2v) is 5.40. The van der Waals surface area contributed by atoms with Gasteiger partial charge in [0.1, 0.15) is 0 Å². The lowest BCUT2D eigenvalue weighted by Crippen LogP contribution is -2.45. The van der Waals surface area contributed by atoms with Crippen molar-refractivity contribution in [2.75, 3.05) is 19.8 Å². The first-order chi connectivity index (χ1) is 8.33. The van der Waals surface area contributed by atoms with Gasteiger partial charge in [-0.15, -0.1) is 0 Å². The van der Waals surface area contributed by atoms with Crippen LogP contribution in [0.4, 0.5) is 0 Å². The maximum atomic E-state index is 5.68. The minimum absolute atomic E-state index is 0.681. The summed E-state index contributed by atoms with van der Waals surface area (Å²) in [5.41, 5.74) is 0. The van der Waals surface area contributed by atoms with E-state index in [-0.39, 0.29) is 0 Å². The molecule has 0 bridgehead atoms. The molecule has 2 nitrogen and oxygen atoms in total. The third-order valence-electron chi connectivity index (χ3n) is 3.97. The van der Waals surface area contributed by atoms with Crippen molar-refractivity contribution >= 4 is 0 Å². The molecule has 17 heavy (non-hydrogen) atoms. The van der Waals surface area contributed by atoms with Crippen LogP contribution >= 0.6 is 0 Å². The van der Waals surface area contributed by atoms with Gasteiger partial charge in [0.05, 0.1) is 6.61 Å². The lowest BCUT2D eigenvalue weighted by Gasteiger charge is -2.36. The van der Waals surface area contributed by atoms with Crippen LogP contribution in [0, 0.1) is 11.8 Å². The summed E-state index contributed by atoms with van der Waals surface area (Å²) in [6.07, 6.45) is 7.93. The van der Waals surface area contributed by atoms with Crippen molar-refractivity contribution in [3.8, 4) is 0 Å². The summed E-state index contributed by atoms with van der Waals surface area (Å²) in [6, 6.07) is 0.681. The van der Waals surface area contributed by atoms with E-state index in [4.69, 9.17) is 4.74 Å². The normalized spacial score (nSPS) is 22.9. The Bertz CT molecular complexity index is 172. The van der Waals surface area contributed by atoms with Gasteiger partial charge in [0.15, 0.2) is 0 Å². The van der Waals surface area contributed by atoms with Crippen molar-refractivity contribution in [1.29, 1.82) is 0 Å². The van der Waals surface area contributed by atoms with Crippen molar-refractivity contribution in [2.45, 2.75) is 65.3 Å². The number of hydrogen-bond donors (Lipinski definition) is 1. The minimum Gasteiger partial charge on any atom is -0.381 e. The predicted octanol–water partition coefficient (Wildman–Crippen LogP) is 3.61. The van der Waals surface area contributed by atoms with Crippen molar-refractivity contribution in [2.24, 2.45) is 11.8 Å². The van der Waals surface area contributed by atoms with Crippen LogP contribution in [-0.2, 0) is 4.74 Å². The fourth-order valence-electron chi connectivity index (χ4n) is 3.25. The number of hydrogen-bond acceptors (Lipinski definition) is 2. The summed E-state index contributed by atoms with van der Waals surface area (Å²) in [7, 11) is 0. The Balaban J connectivity index is 2.58. The monoisotopic (exact) mass is 241 g/mol. The SMILES string of the molecule is CCCC(CCC)C(NCC)C1CCCOC1. The van der Waals surface area contributed by atoms with Gasteiger partial charge in [0.2, 0.25) is 0 Å². The van der Waals surface area contributed by atoms with E-state index in [0.717, 1.165) is 31.6 Å². The Kier molecular flexibility index (Phi) is 7.87. The average Bonchev–Trinajstić information content (AvgIpc) is 2.37. The van der Waals surface area contributed by atoms with E-state index in [1.165, 1.54) is 38.5 Å². The summed E-state index contributed by atoms with van der Waals surface area (Å²) in [4.78, 5) is 0. The summed E-state index contributed by atoms with van der Waals surface area (Å²) >= 11 is 0. The highest BCUT2D eigenvalue weighted by molar-refractivity contribution is 4.84. The average molecular weight is 241 g/mol. The molecule has 0 aliphatic carbocycles. The van der Waals surface area contributed by atoms with Crippen molar-refractivity contribution in [3.05, 3.63) is 0 Å². The Hall–Kier alpha value is -0.0800. The molecule has 0 aromatic rings. The van der Waals surface area contributed by atoms with E-state index >= 15 is 0 Å². The first-order valence-electron chi connectivity index (χ1n) is 7.64. The van der Waals surface area contributed by atoms with Crippen LogP contribution in [0.1, 0.15) is 59.3 Å². The van der Waals surface area contributed by atoms with Gasteiger partial charge in [-0.1, -0.05) is 33.6 Å². The Morgan fingerprint density at radius 2 is 1.88 bits per heavy atom. The molecule has 0 aromatic carbocycles. The highest BCUT2D eigenvalue weighted by atomic mass is 16.5. The molecule has 1 heterocycles. The quantitative estimate of drug-likeness (QED) is 0.701. The van der Waals surface area contributed by atoms with E-state index in [9.17, 15) is 0 Å². The Morgan fingerprint density at radius 3 is 2.35 bits per heavy atom. The van der Waals surface area contributed by atoms with Crippen molar-refractivity contribution in [1.82, 2.24) is 5.32 Å². The third kappa shape index (κ3) is 4.97. The molecule has 0 spiro atoms. The van der Waals surface area contributed by atoms with Crippen LogP contribution in [-0.4, -0.2) is 25.8 Å². The van der Waals surface area contributed by atoms with Crippen molar-refractivity contribution in [3.63, 3.8) is 0 Å². The largest absolute Gasteiger partial charge is 0.381 e. The summed E-state index contributed by atoms with van der Waals surface area (Å²) in [5, 5.41) is 3.74. The summed E-state index contributed by atoms with van der Waals surface area (Å²) in [5.74, 6) is 1.59. The molecule has 102 valence electrons. The fourth-order valence-corrected chi connectivity index (χ4v) is 3.25. The lowest BCUT2D eigenvalue weighted by molar-refractivity contribution is 0.0269. The molecule has 2 heteroatoms. The lowest BCUT2D eigenvalue weighted by atomic mass is 9.80. The van der Waals surface area contributed by atoms with Crippen LogP contribution in [0.3, 0.4) is 0 Å². The molecule has 0 radical (unpaired) electrons. The van der Waals surface area contributed by atoms with E-state index in [1.807, 2.05) is 0 Å². The van der Waals surface area contributed by atoms with Gasteiger partial charge in [-0.05, 0) is 44.1 Å². The number of rotatable bonds is 8. The van der Waals surface area contributed by atoms with Gasteiger partial charge in [0.25, 0.3) is 0 Å². The molecule has 2 unspecified atom stereocenters. The molecule has 1 aliphatic heterocycles. The standard InChI is InChI=1S/C15H31NO/c1-4-8-13(9-5-2)15(16-6-3)14-10-7-11-17-12-14/h13-16H,4-12H2,1-3H3. The van der Waals surface area contributed by atoms with Crippen molar-refractivity contribution < 1.29 is 4.74 Å². The van der Waals surface area contributed by atoms with Crippen LogP contribution in [0.2, 0.25) is 0 Å². The zero-order chi connectivity index (χ0) is 12.5. The second kappa shape index (κ2) is 8.93. The zero-order valence-corrected chi connectivity index (χ0v) is 12.0. The van der Waals surface area contributed by atoms with Crippen LogP contribution < -0.4 is 5.32 Å². The smallest absolute Gasteiger partial charge is 0.0509 e. The molecule has 1 aliphatic rings.